The molecule has 2 aliphatic heterocycles. The van der Waals surface area contributed by atoms with Crippen molar-refractivity contribution in [3.8, 4) is 0 Å². The fraction of sp³-hybridized carbons (Fsp3) is 0.412. The molecule has 1 N–H and O–H groups in total. The van der Waals surface area contributed by atoms with Gasteiger partial charge in [-0.15, -0.1) is 10.2 Å². The van der Waals surface area contributed by atoms with Crippen LogP contribution in [0.4, 0.5) is 18.9 Å². The van der Waals surface area contributed by atoms with Crippen LogP contribution in [0.1, 0.15) is 31.5 Å². The Labute approximate surface area is 162 Å². The van der Waals surface area contributed by atoms with Gasteiger partial charge in [-0.1, -0.05) is 23.9 Å². The SMILES string of the molecule is CC1c2nnc(C(F)(F)F)n2CCN1C(=O)C1(C)Sc2ccccc2NC1=O. The average Bonchev–Trinajstić information content (AvgIpc) is 3.08. The van der Waals surface area contributed by atoms with Crippen LogP contribution < -0.4 is 5.32 Å². The van der Waals surface area contributed by atoms with E-state index in [1.54, 1.807) is 31.2 Å². The Morgan fingerprint density at radius 2 is 2.00 bits per heavy atom. The van der Waals surface area contributed by atoms with Crippen molar-refractivity contribution in [3.63, 3.8) is 0 Å². The van der Waals surface area contributed by atoms with Crippen LogP contribution in [0, 0.1) is 0 Å². The highest BCUT2D eigenvalue weighted by atomic mass is 32.2. The molecular formula is C17H16F3N5O2S. The Morgan fingerprint density at radius 3 is 2.71 bits per heavy atom. The number of fused-ring (bicyclic) bond motifs is 2. The lowest BCUT2D eigenvalue weighted by molar-refractivity contribution is -0.148. The summed E-state index contributed by atoms with van der Waals surface area (Å²) in [7, 11) is 0. The number of carbonyl (C=O) groups excluding carboxylic acids is 2. The van der Waals surface area contributed by atoms with E-state index in [1.165, 1.54) is 11.8 Å². The van der Waals surface area contributed by atoms with Gasteiger partial charge in [-0.05, 0) is 26.0 Å². The molecule has 0 radical (unpaired) electrons. The molecule has 1 aromatic heterocycles. The summed E-state index contributed by atoms with van der Waals surface area (Å²) in [5.74, 6) is -1.96. The maximum absolute atomic E-state index is 13.3. The van der Waals surface area contributed by atoms with Crippen LogP contribution in [0.3, 0.4) is 0 Å². The predicted octanol–water partition coefficient (Wildman–Crippen LogP) is 2.70. The highest BCUT2D eigenvalue weighted by Gasteiger charge is 2.50. The van der Waals surface area contributed by atoms with E-state index < -0.39 is 34.6 Å². The summed E-state index contributed by atoms with van der Waals surface area (Å²) >= 11 is 1.14. The number of benzene rings is 1. The van der Waals surface area contributed by atoms with E-state index in [2.05, 4.69) is 15.5 Å². The normalized spacial score (nSPS) is 24.4. The van der Waals surface area contributed by atoms with Gasteiger partial charge in [-0.25, -0.2) is 0 Å². The lowest BCUT2D eigenvalue weighted by Gasteiger charge is -2.40. The number of hydrogen-bond donors (Lipinski definition) is 1. The van der Waals surface area contributed by atoms with E-state index in [0.717, 1.165) is 21.2 Å². The number of carbonyl (C=O) groups is 2. The molecule has 28 heavy (non-hydrogen) atoms. The Balaban J connectivity index is 1.64. The first-order chi connectivity index (χ1) is 13.1. The second-order valence-electron chi connectivity index (χ2n) is 6.79. The first kappa shape index (κ1) is 18.8. The Kier molecular flexibility index (Phi) is 4.18. The Hall–Kier alpha value is -2.56. The van der Waals surface area contributed by atoms with Gasteiger partial charge in [-0.2, -0.15) is 13.2 Å². The molecule has 0 saturated heterocycles. The van der Waals surface area contributed by atoms with Gasteiger partial charge in [0.15, 0.2) is 10.6 Å². The van der Waals surface area contributed by atoms with Crippen molar-refractivity contribution < 1.29 is 22.8 Å². The van der Waals surface area contributed by atoms with Crippen LogP contribution in [0.15, 0.2) is 29.2 Å². The molecule has 7 nitrogen and oxygen atoms in total. The topological polar surface area (TPSA) is 80.1 Å². The summed E-state index contributed by atoms with van der Waals surface area (Å²) in [5, 5.41) is 9.64. The molecule has 2 aliphatic rings. The van der Waals surface area contributed by atoms with Crippen molar-refractivity contribution in [2.75, 3.05) is 11.9 Å². The number of alkyl halides is 3. The number of amides is 2. The molecule has 2 atom stereocenters. The van der Waals surface area contributed by atoms with Crippen LogP contribution >= 0.6 is 11.8 Å². The van der Waals surface area contributed by atoms with Crippen molar-refractivity contribution in [1.29, 1.82) is 0 Å². The van der Waals surface area contributed by atoms with Crippen LogP contribution in [0.25, 0.3) is 0 Å². The van der Waals surface area contributed by atoms with Crippen molar-refractivity contribution in [1.82, 2.24) is 19.7 Å². The second-order valence-corrected chi connectivity index (χ2v) is 8.25. The number of thioether (sulfide) groups is 1. The summed E-state index contributed by atoms with van der Waals surface area (Å²) < 4.78 is 38.8. The molecule has 2 unspecified atom stereocenters. The fourth-order valence-electron chi connectivity index (χ4n) is 3.45. The third-order valence-electron chi connectivity index (χ3n) is 4.99. The molecule has 2 aromatic rings. The molecule has 0 aliphatic carbocycles. The third-order valence-corrected chi connectivity index (χ3v) is 6.33. The number of aromatic nitrogens is 3. The van der Waals surface area contributed by atoms with Gasteiger partial charge in [0.1, 0.15) is 0 Å². The van der Waals surface area contributed by atoms with Gasteiger partial charge in [0.05, 0.1) is 11.7 Å². The number of halogens is 3. The van der Waals surface area contributed by atoms with Crippen molar-refractivity contribution in [2.45, 2.75) is 42.3 Å². The zero-order valence-electron chi connectivity index (χ0n) is 14.9. The largest absolute Gasteiger partial charge is 0.451 e. The van der Waals surface area contributed by atoms with Gasteiger partial charge in [0, 0.05) is 18.0 Å². The van der Waals surface area contributed by atoms with E-state index in [9.17, 15) is 22.8 Å². The number of para-hydroxylation sites is 1. The van der Waals surface area contributed by atoms with Crippen LogP contribution in [0.5, 0.6) is 0 Å². The van der Waals surface area contributed by atoms with E-state index >= 15 is 0 Å². The summed E-state index contributed by atoms with van der Waals surface area (Å²) in [6.45, 7) is 3.05. The monoisotopic (exact) mass is 411 g/mol. The number of nitrogens with zero attached hydrogens (tertiary/aromatic N) is 4. The zero-order valence-corrected chi connectivity index (χ0v) is 15.8. The molecule has 0 bridgehead atoms. The minimum absolute atomic E-state index is 0.0270. The van der Waals surface area contributed by atoms with Crippen molar-refractivity contribution in [2.24, 2.45) is 0 Å². The van der Waals surface area contributed by atoms with Gasteiger partial charge < -0.3 is 14.8 Å². The fourth-order valence-corrected chi connectivity index (χ4v) is 4.62. The standard InChI is InChI=1S/C17H16F3N5O2S/c1-9-12-22-23-13(17(18,19)20)25(12)8-7-24(9)15(27)16(2)14(26)21-10-5-3-4-6-11(10)28-16/h3-6,9H,7-8H2,1-2H3,(H,21,26). The molecule has 1 aromatic carbocycles. The molecule has 148 valence electrons. The summed E-state index contributed by atoms with van der Waals surface area (Å²) in [6, 6.07) is 6.39. The van der Waals surface area contributed by atoms with Gasteiger partial charge in [0.25, 0.3) is 0 Å². The number of nitrogens with one attached hydrogen (secondary N) is 1. The molecule has 2 amide bonds. The highest BCUT2D eigenvalue weighted by molar-refractivity contribution is 8.02. The lowest BCUT2D eigenvalue weighted by atomic mass is 10.0. The summed E-state index contributed by atoms with van der Waals surface area (Å²) in [4.78, 5) is 28.1. The Bertz CT molecular complexity index is 976. The van der Waals surface area contributed by atoms with Gasteiger partial charge in [0.2, 0.25) is 17.6 Å². The average molecular weight is 411 g/mol. The van der Waals surface area contributed by atoms with E-state index in [-0.39, 0.29) is 18.9 Å². The Morgan fingerprint density at radius 1 is 1.29 bits per heavy atom. The quantitative estimate of drug-likeness (QED) is 0.730. The van der Waals surface area contributed by atoms with E-state index in [4.69, 9.17) is 0 Å². The number of hydrogen-bond acceptors (Lipinski definition) is 5. The maximum Gasteiger partial charge on any atom is 0.451 e. The maximum atomic E-state index is 13.3. The molecular weight excluding hydrogens is 395 g/mol. The van der Waals surface area contributed by atoms with Gasteiger partial charge in [-0.3, -0.25) is 9.59 Å². The predicted molar refractivity (Wildman–Crippen MR) is 94.5 cm³/mol. The zero-order chi connectivity index (χ0) is 20.3. The first-order valence-corrected chi connectivity index (χ1v) is 9.35. The number of rotatable bonds is 1. The summed E-state index contributed by atoms with van der Waals surface area (Å²) in [6.07, 6.45) is -4.62. The molecule has 0 fully saturated rings. The smallest absolute Gasteiger partial charge is 0.329 e. The van der Waals surface area contributed by atoms with E-state index in [0.29, 0.717) is 5.69 Å². The molecule has 3 heterocycles. The highest BCUT2D eigenvalue weighted by Crippen LogP contribution is 2.44. The molecule has 0 spiro atoms. The lowest BCUT2D eigenvalue weighted by Crippen LogP contribution is -2.56. The molecule has 11 heteroatoms. The first-order valence-electron chi connectivity index (χ1n) is 8.54. The summed E-state index contributed by atoms with van der Waals surface area (Å²) in [5.41, 5.74) is 0.629. The third kappa shape index (κ3) is 2.76. The van der Waals surface area contributed by atoms with Crippen molar-refractivity contribution >= 4 is 29.3 Å². The van der Waals surface area contributed by atoms with Crippen LogP contribution in [0.2, 0.25) is 0 Å². The van der Waals surface area contributed by atoms with Crippen molar-refractivity contribution in [3.05, 3.63) is 35.9 Å². The molecule has 4 rings (SSSR count). The van der Waals surface area contributed by atoms with Gasteiger partial charge >= 0.3 is 6.18 Å². The minimum atomic E-state index is -4.62. The van der Waals surface area contributed by atoms with Crippen LogP contribution in [-0.2, 0) is 22.3 Å². The minimum Gasteiger partial charge on any atom is -0.329 e. The molecule has 0 saturated carbocycles. The second kappa shape index (κ2) is 6.23. The van der Waals surface area contributed by atoms with E-state index in [1.807, 2.05) is 0 Å². The van der Waals surface area contributed by atoms with Crippen LogP contribution in [-0.4, -0.2) is 42.8 Å². The number of anilines is 1.